The molecule has 2 rings (SSSR count). The van der Waals surface area contributed by atoms with Crippen LogP contribution >= 0.6 is 0 Å². The minimum atomic E-state index is -0.968. The van der Waals surface area contributed by atoms with E-state index in [-0.39, 0.29) is 6.42 Å². The van der Waals surface area contributed by atoms with E-state index in [0.29, 0.717) is 11.4 Å². The van der Waals surface area contributed by atoms with Crippen LogP contribution in [0.1, 0.15) is 17.2 Å². The quantitative estimate of drug-likeness (QED) is 0.924. The van der Waals surface area contributed by atoms with Crippen LogP contribution in [0.15, 0.2) is 36.5 Å². The predicted molar refractivity (Wildman–Crippen MR) is 65.8 cm³/mol. The maximum Gasteiger partial charge on any atom is 0.212 e. The number of rotatable bonds is 4. The van der Waals surface area contributed by atoms with Gasteiger partial charge in [-0.2, -0.15) is 0 Å². The molecule has 1 unspecified atom stereocenters. The number of halogens is 2. The second kappa shape index (κ2) is 5.75. The van der Waals surface area contributed by atoms with Crippen LogP contribution in [0.25, 0.3) is 0 Å². The van der Waals surface area contributed by atoms with Crippen LogP contribution < -0.4 is 4.74 Å². The van der Waals surface area contributed by atoms with Gasteiger partial charge in [0.05, 0.1) is 13.2 Å². The van der Waals surface area contributed by atoms with E-state index in [4.69, 9.17) is 4.74 Å². The fourth-order valence-corrected chi connectivity index (χ4v) is 1.71. The third-order valence-electron chi connectivity index (χ3n) is 2.76. The zero-order chi connectivity index (χ0) is 13.8. The highest BCUT2D eigenvalue weighted by atomic mass is 19.2. The van der Waals surface area contributed by atoms with Crippen LogP contribution in [0.2, 0.25) is 0 Å². The van der Waals surface area contributed by atoms with Gasteiger partial charge in [0.2, 0.25) is 5.88 Å². The largest absolute Gasteiger partial charge is 0.481 e. The van der Waals surface area contributed by atoms with Gasteiger partial charge in [0.25, 0.3) is 0 Å². The molecule has 1 N–H and O–H groups in total. The molecule has 0 saturated carbocycles. The first-order chi connectivity index (χ1) is 9.10. The van der Waals surface area contributed by atoms with E-state index in [1.807, 2.05) is 0 Å². The lowest BCUT2D eigenvalue weighted by Crippen LogP contribution is -2.03. The molecule has 0 spiro atoms. The van der Waals surface area contributed by atoms with Gasteiger partial charge in [0.15, 0.2) is 11.6 Å². The van der Waals surface area contributed by atoms with Gasteiger partial charge in [-0.25, -0.2) is 13.8 Å². The van der Waals surface area contributed by atoms with Gasteiger partial charge in [-0.15, -0.1) is 0 Å². The lowest BCUT2D eigenvalue weighted by Gasteiger charge is -2.11. The molecule has 3 nitrogen and oxygen atoms in total. The van der Waals surface area contributed by atoms with Crippen molar-refractivity contribution in [2.75, 3.05) is 7.11 Å². The average molecular weight is 265 g/mol. The summed E-state index contributed by atoms with van der Waals surface area (Å²) in [5.74, 6) is -1.42. The fraction of sp³-hybridized carbons (Fsp3) is 0.214. The van der Waals surface area contributed by atoms with Gasteiger partial charge in [0, 0.05) is 18.7 Å². The lowest BCUT2D eigenvalue weighted by molar-refractivity contribution is 0.177. The average Bonchev–Trinajstić information content (AvgIpc) is 2.42. The van der Waals surface area contributed by atoms with Crippen molar-refractivity contribution in [2.45, 2.75) is 12.5 Å². The molecule has 0 aliphatic carbocycles. The molecule has 0 fully saturated rings. The molecule has 1 aromatic carbocycles. The normalized spacial score (nSPS) is 12.2. The summed E-state index contributed by atoms with van der Waals surface area (Å²) in [7, 11) is 1.51. The molecular weight excluding hydrogens is 252 g/mol. The van der Waals surface area contributed by atoms with Crippen LogP contribution in [0.3, 0.4) is 0 Å². The van der Waals surface area contributed by atoms with Crippen LogP contribution in [-0.2, 0) is 6.42 Å². The number of aromatic nitrogens is 1. The van der Waals surface area contributed by atoms with E-state index < -0.39 is 17.7 Å². The summed E-state index contributed by atoms with van der Waals surface area (Å²) >= 11 is 0. The molecule has 0 saturated heterocycles. The molecule has 19 heavy (non-hydrogen) atoms. The highest BCUT2D eigenvalue weighted by Crippen LogP contribution is 2.20. The van der Waals surface area contributed by atoms with Crippen LogP contribution in [-0.4, -0.2) is 17.2 Å². The third kappa shape index (κ3) is 3.26. The monoisotopic (exact) mass is 265 g/mol. The molecule has 1 heterocycles. The SMILES string of the molecule is COc1ccc(CC(O)c2ccc(F)c(F)c2)cn1. The van der Waals surface area contributed by atoms with E-state index >= 15 is 0 Å². The predicted octanol–water partition coefficient (Wildman–Crippen LogP) is 2.64. The molecule has 0 amide bonds. The van der Waals surface area contributed by atoms with Crippen molar-refractivity contribution in [2.24, 2.45) is 0 Å². The Morgan fingerprint density at radius 2 is 2.00 bits per heavy atom. The number of methoxy groups -OCH3 is 1. The first-order valence-corrected chi connectivity index (χ1v) is 5.72. The smallest absolute Gasteiger partial charge is 0.212 e. The van der Waals surface area contributed by atoms with Gasteiger partial charge in [-0.3, -0.25) is 0 Å². The Bertz CT molecular complexity index is 558. The Morgan fingerprint density at radius 1 is 1.21 bits per heavy atom. The van der Waals surface area contributed by atoms with Gasteiger partial charge in [0.1, 0.15) is 0 Å². The van der Waals surface area contributed by atoms with Crippen molar-refractivity contribution < 1.29 is 18.6 Å². The standard InChI is InChI=1S/C14H13F2NO2/c1-19-14-5-2-9(8-17-14)6-13(18)10-3-4-11(15)12(16)7-10/h2-5,7-8,13,18H,6H2,1H3. The maximum absolute atomic E-state index is 13.1. The van der Waals surface area contributed by atoms with E-state index in [1.54, 1.807) is 18.3 Å². The van der Waals surface area contributed by atoms with Gasteiger partial charge >= 0.3 is 0 Å². The number of aliphatic hydroxyl groups excluding tert-OH is 1. The summed E-state index contributed by atoms with van der Waals surface area (Å²) < 4.78 is 30.8. The molecule has 1 atom stereocenters. The van der Waals surface area contributed by atoms with Crippen molar-refractivity contribution in [3.8, 4) is 5.88 Å². The number of hydrogen-bond donors (Lipinski definition) is 1. The lowest BCUT2D eigenvalue weighted by atomic mass is 10.0. The van der Waals surface area contributed by atoms with E-state index in [0.717, 1.165) is 17.7 Å². The number of nitrogens with zero attached hydrogens (tertiary/aromatic N) is 1. The number of benzene rings is 1. The van der Waals surface area contributed by atoms with Crippen molar-refractivity contribution in [3.05, 3.63) is 59.3 Å². The Balaban J connectivity index is 2.10. The minimum Gasteiger partial charge on any atom is -0.481 e. The van der Waals surface area contributed by atoms with E-state index in [2.05, 4.69) is 4.98 Å². The van der Waals surface area contributed by atoms with Gasteiger partial charge in [-0.1, -0.05) is 12.1 Å². The minimum absolute atomic E-state index is 0.266. The number of pyridine rings is 1. The molecular formula is C14H13F2NO2. The summed E-state index contributed by atoms with van der Waals surface area (Å²) in [6.45, 7) is 0. The highest BCUT2D eigenvalue weighted by Gasteiger charge is 2.12. The molecule has 0 aliphatic heterocycles. The van der Waals surface area contributed by atoms with Crippen LogP contribution in [0.4, 0.5) is 8.78 Å². The Morgan fingerprint density at radius 3 is 2.58 bits per heavy atom. The maximum atomic E-state index is 13.1. The second-order valence-corrected chi connectivity index (χ2v) is 4.10. The highest BCUT2D eigenvalue weighted by molar-refractivity contribution is 5.24. The fourth-order valence-electron chi connectivity index (χ4n) is 1.71. The summed E-state index contributed by atoms with van der Waals surface area (Å²) in [5, 5.41) is 9.97. The molecule has 0 bridgehead atoms. The second-order valence-electron chi connectivity index (χ2n) is 4.10. The zero-order valence-corrected chi connectivity index (χ0v) is 10.3. The van der Waals surface area contributed by atoms with Crippen molar-refractivity contribution in [3.63, 3.8) is 0 Å². The van der Waals surface area contributed by atoms with Crippen molar-refractivity contribution in [1.82, 2.24) is 4.98 Å². The van der Waals surface area contributed by atoms with Crippen molar-refractivity contribution >= 4 is 0 Å². The summed E-state index contributed by atoms with van der Waals surface area (Å²) in [4.78, 5) is 4.01. The van der Waals surface area contributed by atoms with Gasteiger partial charge in [-0.05, 0) is 23.3 Å². The van der Waals surface area contributed by atoms with Crippen molar-refractivity contribution in [1.29, 1.82) is 0 Å². The first-order valence-electron chi connectivity index (χ1n) is 5.72. The first kappa shape index (κ1) is 13.4. The molecule has 1 aromatic heterocycles. The van der Waals surface area contributed by atoms with Crippen LogP contribution in [0.5, 0.6) is 5.88 Å². The Labute approximate surface area is 109 Å². The summed E-state index contributed by atoms with van der Waals surface area (Å²) in [6.07, 6.45) is 0.926. The molecule has 0 radical (unpaired) electrons. The number of aliphatic hydroxyl groups is 1. The summed E-state index contributed by atoms with van der Waals surface area (Å²) in [6, 6.07) is 6.79. The molecule has 0 aliphatic rings. The topological polar surface area (TPSA) is 42.4 Å². The number of hydrogen-bond acceptors (Lipinski definition) is 3. The molecule has 5 heteroatoms. The third-order valence-corrected chi connectivity index (χ3v) is 2.76. The molecule has 100 valence electrons. The van der Waals surface area contributed by atoms with E-state index in [9.17, 15) is 13.9 Å². The zero-order valence-electron chi connectivity index (χ0n) is 10.3. The Hall–Kier alpha value is -2.01. The molecule has 2 aromatic rings. The summed E-state index contributed by atoms with van der Waals surface area (Å²) in [5.41, 5.74) is 1.10. The van der Waals surface area contributed by atoms with Crippen LogP contribution in [0, 0.1) is 11.6 Å². The number of ether oxygens (including phenoxy) is 1. The van der Waals surface area contributed by atoms with Gasteiger partial charge < -0.3 is 9.84 Å². The Kier molecular flexibility index (Phi) is 4.06. The van der Waals surface area contributed by atoms with E-state index in [1.165, 1.54) is 13.2 Å².